The van der Waals surface area contributed by atoms with Crippen LogP contribution in [-0.4, -0.2) is 34.0 Å². The van der Waals surface area contributed by atoms with Crippen LogP contribution in [0.15, 0.2) is 60.9 Å². The second-order valence-corrected chi connectivity index (χ2v) is 9.87. The topological polar surface area (TPSA) is 113 Å². The Hall–Kier alpha value is -3.82. The molecule has 35 heavy (non-hydrogen) atoms. The molecule has 4 heterocycles. The average Bonchev–Trinajstić information content (AvgIpc) is 3.26. The van der Waals surface area contributed by atoms with Gasteiger partial charge in [-0.15, -0.1) is 11.3 Å². The molecular weight excluding hydrogens is 460 g/mol. The quantitative estimate of drug-likeness (QED) is 0.375. The summed E-state index contributed by atoms with van der Waals surface area (Å²) in [5.41, 5.74) is 9.84. The number of benzene rings is 1. The highest BCUT2D eigenvalue weighted by atomic mass is 32.1. The van der Waals surface area contributed by atoms with Gasteiger partial charge in [0.25, 0.3) is 5.91 Å². The van der Waals surface area contributed by atoms with E-state index >= 15 is 0 Å². The Morgan fingerprint density at radius 2 is 1.89 bits per heavy atom. The van der Waals surface area contributed by atoms with Gasteiger partial charge in [0.15, 0.2) is 0 Å². The van der Waals surface area contributed by atoms with E-state index in [1.54, 1.807) is 29.4 Å². The van der Waals surface area contributed by atoms with Gasteiger partial charge in [0, 0.05) is 30.0 Å². The van der Waals surface area contributed by atoms with E-state index in [-0.39, 0.29) is 24.0 Å². The van der Waals surface area contributed by atoms with Crippen molar-refractivity contribution in [2.75, 3.05) is 10.2 Å². The number of thiophene rings is 1. The van der Waals surface area contributed by atoms with Gasteiger partial charge in [0.05, 0.1) is 28.1 Å². The molecule has 1 aromatic carbocycles. The summed E-state index contributed by atoms with van der Waals surface area (Å²) in [6.07, 6.45) is 7.26. The summed E-state index contributed by atoms with van der Waals surface area (Å²) in [5, 5.41) is 6.81. The van der Waals surface area contributed by atoms with Crippen LogP contribution in [0.2, 0.25) is 0 Å². The molecule has 0 bridgehead atoms. The molecule has 6 rings (SSSR count). The van der Waals surface area contributed by atoms with Crippen molar-refractivity contribution in [3.8, 4) is 11.3 Å². The lowest BCUT2D eigenvalue weighted by Gasteiger charge is -2.30. The molecule has 8 nitrogen and oxygen atoms in total. The van der Waals surface area contributed by atoms with Crippen LogP contribution in [0.5, 0.6) is 0 Å². The Labute approximate surface area is 206 Å². The molecule has 0 unspecified atom stereocenters. The number of nitrogens with two attached hydrogens (primary N) is 1. The molecule has 1 saturated carbocycles. The number of carbonyl (C=O) groups is 2. The molecule has 0 spiro atoms. The molecule has 4 aromatic rings. The predicted molar refractivity (Wildman–Crippen MR) is 138 cm³/mol. The highest BCUT2D eigenvalue weighted by Crippen LogP contribution is 2.46. The van der Waals surface area contributed by atoms with Crippen LogP contribution >= 0.6 is 11.3 Å². The SMILES string of the molecule is N[C@H]1CCCC[C@H]1NC(=O)c1sc2nccc3c2c1NC(=O)N3c1ccnc(-c2ccccc2)c1. The fourth-order valence-corrected chi connectivity index (χ4v) is 5.92. The zero-order chi connectivity index (χ0) is 23.9. The Kier molecular flexibility index (Phi) is 5.43. The molecule has 2 aliphatic rings. The first-order chi connectivity index (χ1) is 17.1. The van der Waals surface area contributed by atoms with Gasteiger partial charge in [0.2, 0.25) is 0 Å². The number of rotatable bonds is 4. The summed E-state index contributed by atoms with van der Waals surface area (Å²) in [4.78, 5) is 38.4. The Bertz CT molecular complexity index is 1440. The fraction of sp³-hybridized carbons (Fsp3) is 0.231. The van der Waals surface area contributed by atoms with E-state index in [0.29, 0.717) is 26.8 Å². The summed E-state index contributed by atoms with van der Waals surface area (Å²) < 4.78 is 0. The van der Waals surface area contributed by atoms with Crippen LogP contribution in [0.25, 0.3) is 21.5 Å². The Morgan fingerprint density at radius 1 is 1.09 bits per heavy atom. The molecule has 2 atom stereocenters. The lowest BCUT2D eigenvalue weighted by Crippen LogP contribution is -2.49. The van der Waals surface area contributed by atoms with Gasteiger partial charge in [0.1, 0.15) is 9.71 Å². The third-order valence-corrected chi connectivity index (χ3v) is 7.76. The lowest BCUT2D eigenvalue weighted by atomic mass is 9.91. The smallest absolute Gasteiger partial charge is 0.331 e. The van der Waals surface area contributed by atoms with Gasteiger partial charge < -0.3 is 16.4 Å². The molecule has 3 amide bonds. The number of anilines is 3. The maximum Gasteiger partial charge on any atom is 0.331 e. The second-order valence-electron chi connectivity index (χ2n) is 8.88. The number of hydrogen-bond donors (Lipinski definition) is 3. The molecule has 176 valence electrons. The average molecular weight is 485 g/mol. The zero-order valence-corrected chi connectivity index (χ0v) is 19.7. The third-order valence-electron chi connectivity index (χ3n) is 6.66. The molecule has 0 saturated heterocycles. The van der Waals surface area contributed by atoms with Gasteiger partial charge in [-0.05, 0) is 31.0 Å². The number of carbonyl (C=O) groups excluding carboxylic acids is 2. The molecule has 9 heteroatoms. The predicted octanol–water partition coefficient (Wildman–Crippen LogP) is 5.04. The number of nitrogens with zero attached hydrogens (tertiary/aromatic N) is 3. The zero-order valence-electron chi connectivity index (χ0n) is 18.9. The third kappa shape index (κ3) is 3.82. The van der Waals surface area contributed by atoms with E-state index in [0.717, 1.165) is 42.3 Å². The summed E-state index contributed by atoms with van der Waals surface area (Å²) in [6, 6.07) is 14.9. The molecule has 1 fully saturated rings. The van der Waals surface area contributed by atoms with Crippen molar-refractivity contribution in [1.82, 2.24) is 15.3 Å². The van der Waals surface area contributed by atoms with Gasteiger partial charge in [-0.25, -0.2) is 9.78 Å². The van der Waals surface area contributed by atoms with Gasteiger partial charge >= 0.3 is 6.03 Å². The minimum absolute atomic E-state index is 0.0531. The maximum atomic E-state index is 13.4. The molecule has 0 radical (unpaired) electrons. The highest BCUT2D eigenvalue weighted by molar-refractivity contribution is 7.21. The summed E-state index contributed by atoms with van der Waals surface area (Å²) in [5.74, 6) is -0.222. The monoisotopic (exact) mass is 484 g/mol. The molecule has 4 N–H and O–H groups in total. The van der Waals surface area contributed by atoms with E-state index in [1.807, 2.05) is 36.4 Å². The molecule has 3 aromatic heterocycles. The lowest BCUT2D eigenvalue weighted by molar-refractivity contribution is 0.0926. The number of hydrogen-bond acceptors (Lipinski definition) is 6. The normalized spacial score (nSPS) is 19.5. The van der Waals surface area contributed by atoms with Crippen molar-refractivity contribution in [1.29, 1.82) is 0 Å². The summed E-state index contributed by atoms with van der Waals surface area (Å²) >= 11 is 1.28. The van der Waals surface area contributed by atoms with Crippen LogP contribution in [-0.2, 0) is 0 Å². The number of pyridine rings is 2. The van der Waals surface area contributed by atoms with E-state index in [9.17, 15) is 9.59 Å². The number of aromatic nitrogens is 2. The van der Waals surface area contributed by atoms with E-state index in [1.165, 1.54) is 11.3 Å². The minimum Gasteiger partial charge on any atom is -0.347 e. The van der Waals surface area contributed by atoms with E-state index in [2.05, 4.69) is 20.6 Å². The second kappa shape index (κ2) is 8.75. The molecule has 1 aliphatic heterocycles. The fourth-order valence-electron chi connectivity index (χ4n) is 4.90. The van der Waals surface area contributed by atoms with Crippen molar-refractivity contribution < 1.29 is 9.59 Å². The van der Waals surface area contributed by atoms with E-state index in [4.69, 9.17) is 5.73 Å². The summed E-state index contributed by atoms with van der Waals surface area (Å²) in [7, 11) is 0. The largest absolute Gasteiger partial charge is 0.347 e. The van der Waals surface area contributed by atoms with Crippen LogP contribution in [0.3, 0.4) is 0 Å². The highest BCUT2D eigenvalue weighted by Gasteiger charge is 2.34. The van der Waals surface area contributed by atoms with Crippen molar-refractivity contribution in [2.45, 2.75) is 37.8 Å². The van der Waals surface area contributed by atoms with Crippen molar-refractivity contribution >= 4 is 50.6 Å². The number of urea groups is 1. The first-order valence-electron chi connectivity index (χ1n) is 11.7. The standard InChI is InChI=1S/C26H24N6O2S/c27-17-8-4-5-9-18(17)30-24(33)23-22-21-20(11-13-29-25(21)35-23)32(26(34)31-22)16-10-12-28-19(14-16)15-6-2-1-3-7-15/h1-3,6-7,10-14,17-18H,4-5,8-9,27H2,(H,30,33)(H,31,34)/t17-,18+/m0/s1. The van der Waals surface area contributed by atoms with Crippen molar-refractivity contribution in [3.05, 3.63) is 65.8 Å². The van der Waals surface area contributed by atoms with Crippen molar-refractivity contribution in [3.63, 3.8) is 0 Å². The van der Waals surface area contributed by atoms with Crippen LogP contribution in [0.1, 0.15) is 35.4 Å². The first kappa shape index (κ1) is 21.7. The number of amides is 3. The first-order valence-corrected chi connectivity index (χ1v) is 12.5. The Balaban J connectivity index is 1.39. The van der Waals surface area contributed by atoms with Gasteiger partial charge in [-0.1, -0.05) is 43.2 Å². The van der Waals surface area contributed by atoms with E-state index < -0.39 is 0 Å². The van der Waals surface area contributed by atoms with Crippen LogP contribution in [0, 0.1) is 0 Å². The molecule has 1 aliphatic carbocycles. The van der Waals surface area contributed by atoms with Crippen molar-refractivity contribution in [2.24, 2.45) is 5.73 Å². The minimum atomic E-state index is -0.336. The van der Waals surface area contributed by atoms with Crippen LogP contribution in [0.4, 0.5) is 21.9 Å². The Morgan fingerprint density at radius 3 is 2.71 bits per heavy atom. The summed E-state index contributed by atoms with van der Waals surface area (Å²) in [6.45, 7) is 0. The van der Waals surface area contributed by atoms with Gasteiger partial charge in [-0.3, -0.25) is 14.7 Å². The maximum absolute atomic E-state index is 13.4. The molecular formula is C26H24N6O2S. The van der Waals surface area contributed by atoms with Crippen LogP contribution < -0.4 is 21.3 Å². The van der Waals surface area contributed by atoms with Gasteiger partial charge in [-0.2, -0.15) is 0 Å². The number of nitrogens with one attached hydrogen (secondary N) is 2.